The molecule has 0 aromatic heterocycles. The number of benzene rings is 2. The average molecular weight is 339 g/mol. The first-order chi connectivity index (χ1) is 12.1. The van der Waals surface area contributed by atoms with Crippen LogP contribution in [0.4, 0.5) is 5.69 Å². The lowest BCUT2D eigenvalue weighted by Crippen LogP contribution is -2.24. The standard InChI is InChI=1S/C18H17N3O4/c1-14-7-2-5-11-17(14)25-13-18(22)20-19-12-6-9-15-8-3-4-10-16(15)21(23)24/h2-12H,13H2,1H3,(H,20,22). The molecule has 0 radical (unpaired) electrons. The minimum absolute atomic E-state index is 0.00261. The Balaban J connectivity index is 1.82. The minimum atomic E-state index is -0.457. The van der Waals surface area contributed by atoms with Gasteiger partial charge in [-0.15, -0.1) is 0 Å². The summed E-state index contributed by atoms with van der Waals surface area (Å²) in [5, 5.41) is 14.6. The maximum absolute atomic E-state index is 11.6. The van der Waals surface area contributed by atoms with Gasteiger partial charge in [0.2, 0.25) is 0 Å². The molecule has 0 bridgehead atoms. The maximum atomic E-state index is 11.6. The van der Waals surface area contributed by atoms with Gasteiger partial charge in [0.15, 0.2) is 6.61 Å². The number of amides is 1. The Morgan fingerprint density at radius 3 is 2.72 bits per heavy atom. The van der Waals surface area contributed by atoms with Crippen molar-refractivity contribution in [2.24, 2.45) is 5.10 Å². The second kappa shape index (κ2) is 8.97. The van der Waals surface area contributed by atoms with Crippen LogP contribution in [0.3, 0.4) is 0 Å². The van der Waals surface area contributed by atoms with Crippen molar-refractivity contribution in [3.63, 3.8) is 0 Å². The van der Waals surface area contributed by atoms with E-state index in [0.717, 1.165) is 5.56 Å². The Bertz CT molecular complexity index is 815. The Morgan fingerprint density at radius 1 is 1.24 bits per heavy atom. The minimum Gasteiger partial charge on any atom is -0.483 e. The van der Waals surface area contributed by atoms with Crippen LogP contribution in [-0.2, 0) is 4.79 Å². The van der Waals surface area contributed by atoms with Crippen LogP contribution in [0.15, 0.2) is 59.7 Å². The zero-order valence-corrected chi connectivity index (χ0v) is 13.6. The van der Waals surface area contributed by atoms with Crippen molar-refractivity contribution >= 4 is 23.9 Å². The van der Waals surface area contributed by atoms with E-state index in [9.17, 15) is 14.9 Å². The first-order valence-electron chi connectivity index (χ1n) is 7.48. The van der Waals surface area contributed by atoms with Gasteiger partial charge in [-0.05, 0) is 36.8 Å². The number of hydrazone groups is 1. The number of carbonyl (C=O) groups is 1. The predicted molar refractivity (Wildman–Crippen MR) is 95.4 cm³/mol. The first-order valence-corrected chi connectivity index (χ1v) is 7.48. The molecule has 0 unspecified atom stereocenters. The highest BCUT2D eigenvalue weighted by Gasteiger charge is 2.08. The summed E-state index contributed by atoms with van der Waals surface area (Å²) in [5.74, 6) is 0.233. The Morgan fingerprint density at radius 2 is 1.96 bits per heavy atom. The monoisotopic (exact) mass is 339 g/mol. The van der Waals surface area contributed by atoms with E-state index in [1.165, 1.54) is 24.4 Å². The van der Waals surface area contributed by atoms with Gasteiger partial charge >= 0.3 is 0 Å². The van der Waals surface area contributed by atoms with Gasteiger partial charge in [-0.1, -0.05) is 30.3 Å². The zero-order chi connectivity index (χ0) is 18.1. The summed E-state index contributed by atoms with van der Waals surface area (Å²) in [7, 11) is 0. The van der Waals surface area contributed by atoms with Crippen molar-refractivity contribution in [2.45, 2.75) is 6.92 Å². The molecule has 7 nitrogen and oxygen atoms in total. The van der Waals surface area contributed by atoms with Crippen LogP contribution in [-0.4, -0.2) is 23.7 Å². The number of aryl methyl sites for hydroxylation is 1. The van der Waals surface area contributed by atoms with Gasteiger partial charge in [0.25, 0.3) is 11.6 Å². The van der Waals surface area contributed by atoms with Gasteiger partial charge in [-0.2, -0.15) is 5.10 Å². The topological polar surface area (TPSA) is 93.8 Å². The summed E-state index contributed by atoms with van der Waals surface area (Å²) in [5.41, 5.74) is 3.71. The summed E-state index contributed by atoms with van der Waals surface area (Å²) < 4.78 is 5.39. The highest BCUT2D eigenvalue weighted by atomic mass is 16.6. The van der Waals surface area contributed by atoms with Gasteiger partial charge in [0.1, 0.15) is 5.75 Å². The largest absolute Gasteiger partial charge is 0.483 e. The first kappa shape index (κ1) is 17.9. The molecule has 0 atom stereocenters. The van der Waals surface area contributed by atoms with Crippen LogP contribution in [0.25, 0.3) is 6.08 Å². The van der Waals surface area contributed by atoms with E-state index in [2.05, 4.69) is 10.5 Å². The van der Waals surface area contributed by atoms with Crippen molar-refractivity contribution < 1.29 is 14.5 Å². The third kappa shape index (κ3) is 5.58. The smallest absolute Gasteiger partial charge is 0.277 e. The van der Waals surface area contributed by atoms with E-state index in [4.69, 9.17) is 4.74 Å². The van der Waals surface area contributed by atoms with Crippen LogP contribution < -0.4 is 10.2 Å². The van der Waals surface area contributed by atoms with Crippen LogP contribution in [0.5, 0.6) is 5.75 Å². The van der Waals surface area contributed by atoms with E-state index < -0.39 is 10.8 Å². The fourth-order valence-electron chi connectivity index (χ4n) is 1.99. The summed E-state index contributed by atoms with van der Waals surface area (Å²) in [6.45, 7) is 1.73. The molecule has 2 aromatic carbocycles. The van der Waals surface area contributed by atoms with E-state index >= 15 is 0 Å². The fraction of sp³-hybridized carbons (Fsp3) is 0.111. The normalized spacial score (nSPS) is 10.9. The Labute approximate surface area is 144 Å². The molecule has 2 aromatic rings. The lowest BCUT2D eigenvalue weighted by atomic mass is 10.2. The number of para-hydroxylation sites is 2. The number of hydrogen-bond donors (Lipinski definition) is 1. The molecular formula is C18H17N3O4. The number of nitro groups is 1. The average Bonchev–Trinajstić information content (AvgIpc) is 2.61. The van der Waals surface area contributed by atoms with E-state index in [1.807, 2.05) is 25.1 Å². The second-order valence-electron chi connectivity index (χ2n) is 5.04. The molecule has 7 heteroatoms. The molecule has 1 N–H and O–H groups in total. The number of hydrogen-bond acceptors (Lipinski definition) is 5. The van der Waals surface area contributed by atoms with Crippen LogP contribution >= 0.6 is 0 Å². The maximum Gasteiger partial charge on any atom is 0.277 e. The lowest BCUT2D eigenvalue weighted by molar-refractivity contribution is -0.385. The molecule has 0 fully saturated rings. The fourth-order valence-corrected chi connectivity index (χ4v) is 1.99. The Kier molecular flexibility index (Phi) is 6.41. The van der Waals surface area contributed by atoms with Crippen molar-refractivity contribution in [1.29, 1.82) is 0 Å². The van der Waals surface area contributed by atoms with Gasteiger partial charge in [-0.25, -0.2) is 5.43 Å². The molecule has 25 heavy (non-hydrogen) atoms. The summed E-state index contributed by atoms with van der Waals surface area (Å²) in [4.78, 5) is 22.1. The van der Waals surface area contributed by atoms with Crippen molar-refractivity contribution in [1.82, 2.24) is 5.43 Å². The molecule has 0 spiro atoms. The molecule has 2 rings (SSSR count). The number of nitrogens with zero attached hydrogens (tertiary/aromatic N) is 2. The number of allylic oxidation sites excluding steroid dienone is 1. The third-order valence-corrected chi connectivity index (χ3v) is 3.21. The summed E-state index contributed by atoms with van der Waals surface area (Å²) in [6, 6.07) is 13.7. The quantitative estimate of drug-likeness (QED) is 0.476. The van der Waals surface area contributed by atoms with Crippen molar-refractivity contribution in [3.8, 4) is 5.75 Å². The lowest BCUT2D eigenvalue weighted by Gasteiger charge is -2.07. The molecule has 0 saturated carbocycles. The van der Waals surface area contributed by atoms with E-state index in [0.29, 0.717) is 11.3 Å². The van der Waals surface area contributed by atoms with Gasteiger partial charge in [-0.3, -0.25) is 14.9 Å². The van der Waals surface area contributed by atoms with Crippen LogP contribution in [0.1, 0.15) is 11.1 Å². The number of carbonyl (C=O) groups excluding carboxylic acids is 1. The highest BCUT2D eigenvalue weighted by Crippen LogP contribution is 2.18. The Hall–Kier alpha value is -3.48. The highest BCUT2D eigenvalue weighted by molar-refractivity contribution is 5.82. The molecule has 1 amide bonds. The van der Waals surface area contributed by atoms with Gasteiger partial charge in [0, 0.05) is 12.3 Å². The van der Waals surface area contributed by atoms with Crippen LogP contribution in [0, 0.1) is 17.0 Å². The van der Waals surface area contributed by atoms with Gasteiger partial charge in [0.05, 0.1) is 10.5 Å². The number of rotatable bonds is 7. The van der Waals surface area contributed by atoms with Crippen molar-refractivity contribution in [2.75, 3.05) is 6.61 Å². The predicted octanol–water partition coefficient (Wildman–Crippen LogP) is 3.10. The third-order valence-electron chi connectivity index (χ3n) is 3.21. The second-order valence-corrected chi connectivity index (χ2v) is 5.04. The van der Waals surface area contributed by atoms with Crippen molar-refractivity contribution in [3.05, 3.63) is 75.8 Å². The number of nitrogens with one attached hydrogen (secondary N) is 1. The molecule has 0 aliphatic rings. The summed E-state index contributed by atoms with van der Waals surface area (Å²) >= 11 is 0. The molecule has 0 aliphatic heterocycles. The summed E-state index contributed by atoms with van der Waals surface area (Å²) in [6.07, 6.45) is 4.38. The number of nitro benzene ring substituents is 1. The molecule has 0 heterocycles. The molecule has 128 valence electrons. The molecule has 0 aliphatic carbocycles. The van der Waals surface area contributed by atoms with Gasteiger partial charge < -0.3 is 4.74 Å². The van der Waals surface area contributed by atoms with E-state index in [-0.39, 0.29) is 12.3 Å². The van der Waals surface area contributed by atoms with Crippen LogP contribution in [0.2, 0.25) is 0 Å². The SMILES string of the molecule is Cc1ccccc1OCC(=O)NN=CC=Cc1ccccc1[N+](=O)[O-]. The molecular weight excluding hydrogens is 322 g/mol. The number of ether oxygens (including phenoxy) is 1. The van der Waals surface area contributed by atoms with E-state index in [1.54, 1.807) is 24.3 Å². The zero-order valence-electron chi connectivity index (χ0n) is 13.6. The molecule has 0 saturated heterocycles.